The SMILES string of the molecule is COc1cc2nccc(Oc3ccc(NC(=O)C=O)cc3F)c2cc1OC. The fourth-order valence-corrected chi connectivity index (χ4v) is 2.49. The smallest absolute Gasteiger partial charge is 0.288 e. The predicted octanol–water partition coefficient (Wildman–Crippen LogP) is 3.32. The number of ether oxygens (including phenoxy) is 3. The summed E-state index contributed by atoms with van der Waals surface area (Å²) >= 11 is 0. The number of methoxy groups -OCH3 is 2. The van der Waals surface area contributed by atoms with Crippen molar-refractivity contribution >= 4 is 28.8 Å². The molecule has 2 aromatic carbocycles. The fraction of sp³-hybridized carbons (Fsp3) is 0.105. The molecule has 1 aromatic heterocycles. The van der Waals surface area contributed by atoms with Gasteiger partial charge in [-0.05, 0) is 24.3 Å². The number of halogens is 1. The molecule has 7 nitrogen and oxygen atoms in total. The van der Waals surface area contributed by atoms with E-state index in [4.69, 9.17) is 14.2 Å². The highest BCUT2D eigenvalue weighted by atomic mass is 19.1. The third kappa shape index (κ3) is 3.79. The van der Waals surface area contributed by atoms with Crippen LogP contribution >= 0.6 is 0 Å². The quantitative estimate of drug-likeness (QED) is 0.529. The van der Waals surface area contributed by atoms with E-state index in [2.05, 4.69) is 10.3 Å². The molecule has 0 aliphatic rings. The van der Waals surface area contributed by atoms with Gasteiger partial charge in [0.2, 0.25) is 6.29 Å². The molecular weight excluding hydrogens is 355 g/mol. The van der Waals surface area contributed by atoms with Crippen molar-refractivity contribution in [3.63, 3.8) is 0 Å². The highest BCUT2D eigenvalue weighted by Gasteiger charge is 2.13. The van der Waals surface area contributed by atoms with Crippen LogP contribution in [-0.4, -0.2) is 31.4 Å². The predicted molar refractivity (Wildman–Crippen MR) is 96.0 cm³/mol. The van der Waals surface area contributed by atoms with Crippen LogP contribution in [-0.2, 0) is 9.59 Å². The van der Waals surface area contributed by atoms with E-state index in [1.165, 1.54) is 32.5 Å². The number of benzene rings is 2. The molecule has 0 aliphatic carbocycles. The molecule has 3 aromatic rings. The van der Waals surface area contributed by atoms with Crippen molar-refractivity contribution in [3.05, 3.63) is 48.4 Å². The molecule has 27 heavy (non-hydrogen) atoms. The van der Waals surface area contributed by atoms with Crippen LogP contribution in [0.4, 0.5) is 10.1 Å². The van der Waals surface area contributed by atoms with Crippen LogP contribution < -0.4 is 19.5 Å². The van der Waals surface area contributed by atoms with Gasteiger partial charge in [0.05, 0.1) is 19.7 Å². The second-order valence-corrected chi connectivity index (χ2v) is 5.39. The van der Waals surface area contributed by atoms with Crippen molar-refractivity contribution in [2.45, 2.75) is 0 Å². The van der Waals surface area contributed by atoms with Gasteiger partial charge in [0, 0.05) is 29.4 Å². The maximum absolute atomic E-state index is 14.3. The Bertz CT molecular complexity index is 1020. The van der Waals surface area contributed by atoms with Crippen LogP contribution in [0.25, 0.3) is 10.9 Å². The van der Waals surface area contributed by atoms with Crippen LogP contribution in [0.15, 0.2) is 42.6 Å². The van der Waals surface area contributed by atoms with E-state index < -0.39 is 11.7 Å². The van der Waals surface area contributed by atoms with Gasteiger partial charge in [-0.1, -0.05) is 0 Å². The molecule has 1 amide bonds. The number of nitrogens with zero attached hydrogens (tertiary/aromatic N) is 1. The maximum Gasteiger partial charge on any atom is 0.288 e. The Morgan fingerprint density at radius 1 is 1.04 bits per heavy atom. The van der Waals surface area contributed by atoms with E-state index in [0.29, 0.717) is 28.2 Å². The molecule has 0 aliphatic heterocycles. The lowest BCUT2D eigenvalue weighted by Crippen LogP contribution is -2.12. The zero-order chi connectivity index (χ0) is 19.4. The normalized spacial score (nSPS) is 10.3. The van der Waals surface area contributed by atoms with Crippen molar-refractivity contribution in [3.8, 4) is 23.0 Å². The third-order valence-electron chi connectivity index (χ3n) is 3.73. The van der Waals surface area contributed by atoms with E-state index in [9.17, 15) is 14.0 Å². The number of rotatable bonds is 6. The minimum atomic E-state index is -0.871. The molecule has 0 bridgehead atoms. The summed E-state index contributed by atoms with van der Waals surface area (Å²) < 4.78 is 30.6. The Hall–Kier alpha value is -3.68. The Labute approximate surface area is 153 Å². The second-order valence-electron chi connectivity index (χ2n) is 5.39. The number of hydrogen-bond donors (Lipinski definition) is 1. The standard InChI is InChI=1S/C19H15FN2O5/c1-25-17-8-12-14(9-18(17)26-2)21-6-5-15(12)27-16-4-3-11(7-13(16)20)22-19(24)10-23/h3-10H,1-2H3,(H,22,24). The number of nitrogens with one attached hydrogen (secondary N) is 1. The zero-order valence-corrected chi connectivity index (χ0v) is 14.5. The molecule has 0 saturated heterocycles. The molecule has 0 fully saturated rings. The van der Waals surface area contributed by atoms with E-state index >= 15 is 0 Å². The first-order valence-electron chi connectivity index (χ1n) is 7.80. The summed E-state index contributed by atoms with van der Waals surface area (Å²) in [7, 11) is 3.02. The van der Waals surface area contributed by atoms with Crippen molar-refractivity contribution in [1.82, 2.24) is 4.98 Å². The van der Waals surface area contributed by atoms with Crippen LogP contribution in [0.5, 0.6) is 23.0 Å². The number of carbonyl (C=O) groups is 2. The zero-order valence-electron chi connectivity index (χ0n) is 14.5. The van der Waals surface area contributed by atoms with Gasteiger partial charge in [0.15, 0.2) is 23.1 Å². The van der Waals surface area contributed by atoms with Crippen molar-refractivity contribution in [1.29, 1.82) is 0 Å². The van der Waals surface area contributed by atoms with Gasteiger partial charge in [0.25, 0.3) is 5.91 Å². The highest BCUT2D eigenvalue weighted by molar-refractivity contribution is 6.29. The van der Waals surface area contributed by atoms with E-state index in [0.717, 1.165) is 6.07 Å². The van der Waals surface area contributed by atoms with Gasteiger partial charge in [-0.2, -0.15) is 0 Å². The minimum absolute atomic E-state index is 0.0543. The molecule has 1 N–H and O–H groups in total. The van der Waals surface area contributed by atoms with Gasteiger partial charge in [-0.25, -0.2) is 4.39 Å². The lowest BCUT2D eigenvalue weighted by molar-refractivity contribution is -0.127. The van der Waals surface area contributed by atoms with Crippen molar-refractivity contribution in [2.24, 2.45) is 0 Å². The van der Waals surface area contributed by atoms with Gasteiger partial charge in [0.1, 0.15) is 5.75 Å². The van der Waals surface area contributed by atoms with Crippen LogP contribution in [0.1, 0.15) is 0 Å². The topological polar surface area (TPSA) is 86.8 Å². The molecule has 138 valence electrons. The summed E-state index contributed by atoms with van der Waals surface area (Å²) in [6.07, 6.45) is 1.63. The lowest BCUT2D eigenvalue weighted by atomic mass is 10.2. The molecule has 0 saturated carbocycles. The number of hydrogen-bond acceptors (Lipinski definition) is 6. The highest BCUT2D eigenvalue weighted by Crippen LogP contribution is 2.37. The number of carbonyl (C=O) groups excluding carboxylic acids is 2. The second kappa shape index (κ2) is 7.69. The summed E-state index contributed by atoms with van der Waals surface area (Å²) in [4.78, 5) is 25.7. The third-order valence-corrected chi connectivity index (χ3v) is 3.73. The van der Waals surface area contributed by atoms with Crippen LogP contribution in [0.2, 0.25) is 0 Å². The number of anilines is 1. The molecule has 0 unspecified atom stereocenters. The molecule has 3 rings (SSSR count). The monoisotopic (exact) mass is 370 g/mol. The Morgan fingerprint density at radius 3 is 2.44 bits per heavy atom. The fourth-order valence-electron chi connectivity index (χ4n) is 2.49. The summed E-state index contributed by atoms with van der Waals surface area (Å²) in [6.45, 7) is 0. The number of aldehydes is 1. The summed E-state index contributed by atoms with van der Waals surface area (Å²) in [5.41, 5.74) is 0.725. The minimum Gasteiger partial charge on any atom is -0.493 e. The Balaban J connectivity index is 1.97. The van der Waals surface area contributed by atoms with E-state index in [1.807, 2.05) is 0 Å². The first kappa shape index (κ1) is 18.1. The molecule has 0 atom stereocenters. The largest absolute Gasteiger partial charge is 0.493 e. The average Bonchev–Trinajstić information content (AvgIpc) is 2.68. The Kier molecular flexibility index (Phi) is 5.16. The lowest BCUT2D eigenvalue weighted by Gasteiger charge is -2.13. The summed E-state index contributed by atoms with van der Waals surface area (Å²) in [5.74, 6) is -0.273. The molecule has 1 heterocycles. The maximum atomic E-state index is 14.3. The first-order valence-corrected chi connectivity index (χ1v) is 7.80. The summed E-state index contributed by atoms with van der Waals surface area (Å²) in [6, 6.07) is 8.80. The summed E-state index contributed by atoms with van der Waals surface area (Å²) in [5, 5.41) is 2.84. The molecule has 0 radical (unpaired) electrons. The van der Waals surface area contributed by atoms with Gasteiger partial charge in [-0.15, -0.1) is 0 Å². The number of aromatic nitrogens is 1. The van der Waals surface area contributed by atoms with Gasteiger partial charge in [-0.3, -0.25) is 14.6 Å². The van der Waals surface area contributed by atoms with Gasteiger partial charge >= 0.3 is 0 Å². The van der Waals surface area contributed by atoms with Crippen molar-refractivity contribution in [2.75, 3.05) is 19.5 Å². The van der Waals surface area contributed by atoms with Crippen molar-refractivity contribution < 1.29 is 28.2 Å². The number of pyridine rings is 1. The Morgan fingerprint density at radius 2 is 1.78 bits per heavy atom. The average molecular weight is 370 g/mol. The van der Waals surface area contributed by atoms with Crippen LogP contribution in [0, 0.1) is 5.82 Å². The molecule has 8 heteroatoms. The molecule has 0 spiro atoms. The van der Waals surface area contributed by atoms with Gasteiger partial charge < -0.3 is 19.5 Å². The number of amides is 1. The van der Waals surface area contributed by atoms with Crippen LogP contribution in [0.3, 0.4) is 0 Å². The van der Waals surface area contributed by atoms with E-state index in [1.54, 1.807) is 18.2 Å². The molecular formula is C19H15FN2O5. The first-order chi connectivity index (χ1) is 13.0. The van der Waals surface area contributed by atoms with E-state index in [-0.39, 0.29) is 17.7 Å². The number of fused-ring (bicyclic) bond motifs is 1.